The van der Waals surface area contributed by atoms with Crippen LogP contribution in [0.5, 0.6) is 23.0 Å². The van der Waals surface area contributed by atoms with Gasteiger partial charge in [-0.1, -0.05) is 24.3 Å². The average molecular weight is 490 g/mol. The number of aliphatic hydroxyl groups excluding tert-OH is 1. The molecule has 3 aromatic rings. The van der Waals surface area contributed by atoms with Crippen LogP contribution in [-0.2, 0) is 16.1 Å². The lowest BCUT2D eigenvalue weighted by molar-refractivity contribution is -0.140. The Morgan fingerprint density at radius 2 is 1.47 bits per heavy atom. The third kappa shape index (κ3) is 4.45. The fourth-order valence-electron chi connectivity index (χ4n) is 4.33. The van der Waals surface area contributed by atoms with Gasteiger partial charge in [-0.05, 0) is 48.0 Å². The molecule has 0 spiro atoms. The van der Waals surface area contributed by atoms with Crippen LogP contribution in [0.15, 0.2) is 72.3 Å². The largest absolute Gasteiger partial charge is 0.507 e. The number of aliphatic hydroxyl groups is 1. The van der Waals surface area contributed by atoms with E-state index in [-0.39, 0.29) is 17.9 Å². The topological polar surface area (TPSA) is 94.5 Å². The number of benzene rings is 3. The first kappa shape index (κ1) is 24.7. The van der Waals surface area contributed by atoms with Gasteiger partial charge in [0.05, 0.1) is 46.6 Å². The zero-order chi connectivity index (χ0) is 25.8. The van der Waals surface area contributed by atoms with Gasteiger partial charge < -0.3 is 29.0 Å². The molecule has 1 N–H and O–H groups in total. The van der Waals surface area contributed by atoms with Crippen molar-refractivity contribution in [1.29, 1.82) is 0 Å². The van der Waals surface area contributed by atoms with Crippen LogP contribution in [0.25, 0.3) is 5.76 Å². The number of likely N-dealkylation sites (tertiary alicyclic amines) is 1. The molecule has 1 fully saturated rings. The van der Waals surface area contributed by atoms with Crippen LogP contribution < -0.4 is 18.9 Å². The molecule has 186 valence electrons. The lowest BCUT2D eigenvalue weighted by atomic mass is 9.94. The Kier molecular flexibility index (Phi) is 7.15. The molecule has 0 radical (unpaired) electrons. The van der Waals surface area contributed by atoms with E-state index in [1.165, 1.54) is 26.2 Å². The minimum atomic E-state index is -0.878. The fourth-order valence-corrected chi connectivity index (χ4v) is 4.33. The van der Waals surface area contributed by atoms with Gasteiger partial charge in [-0.15, -0.1) is 0 Å². The molecule has 0 aliphatic carbocycles. The Morgan fingerprint density at radius 3 is 2.11 bits per heavy atom. The minimum Gasteiger partial charge on any atom is -0.507 e. The number of amides is 1. The molecule has 8 nitrogen and oxygen atoms in total. The highest BCUT2D eigenvalue weighted by molar-refractivity contribution is 6.46. The Bertz CT molecular complexity index is 1310. The summed E-state index contributed by atoms with van der Waals surface area (Å²) in [4.78, 5) is 28.1. The SMILES string of the molecule is COc1ccc(/C(O)=C2/C(=O)C(=O)N(Cc3ccccc3OC)C2c2ccc(OC)c(OC)c2)cc1. The summed E-state index contributed by atoms with van der Waals surface area (Å²) in [5.41, 5.74) is 1.66. The number of carbonyl (C=O) groups is 2. The molecule has 0 saturated carbocycles. The zero-order valence-corrected chi connectivity index (χ0v) is 20.5. The number of methoxy groups -OCH3 is 4. The van der Waals surface area contributed by atoms with Crippen molar-refractivity contribution >= 4 is 17.4 Å². The summed E-state index contributed by atoms with van der Waals surface area (Å²) in [6.45, 7) is 0.0903. The number of ether oxygens (including phenoxy) is 4. The van der Waals surface area contributed by atoms with Crippen molar-refractivity contribution in [3.05, 3.63) is 89.0 Å². The van der Waals surface area contributed by atoms with E-state index in [1.807, 2.05) is 18.2 Å². The molecule has 1 heterocycles. The summed E-state index contributed by atoms with van der Waals surface area (Å²) in [6.07, 6.45) is 0. The van der Waals surface area contributed by atoms with Crippen molar-refractivity contribution < 1.29 is 33.6 Å². The summed E-state index contributed by atoms with van der Waals surface area (Å²) in [5.74, 6) is 0.327. The van der Waals surface area contributed by atoms with Crippen LogP contribution >= 0.6 is 0 Å². The van der Waals surface area contributed by atoms with E-state index in [1.54, 1.807) is 55.6 Å². The molecular weight excluding hydrogens is 462 g/mol. The fraction of sp³-hybridized carbons (Fsp3) is 0.214. The molecule has 1 aliphatic rings. The van der Waals surface area contributed by atoms with E-state index in [4.69, 9.17) is 18.9 Å². The smallest absolute Gasteiger partial charge is 0.295 e. The number of ketones is 1. The molecule has 36 heavy (non-hydrogen) atoms. The van der Waals surface area contributed by atoms with Gasteiger partial charge in [0.25, 0.3) is 11.7 Å². The first-order chi connectivity index (χ1) is 17.4. The van der Waals surface area contributed by atoms with Gasteiger partial charge in [0, 0.05) is 11.1 Å². The van der Waals surface area contributed by atoms with E-state index in [9.17, 15) is 14.7 Å². The minimum absolute atomic E-state index is 0.0210. The number of carbonyl (C=O) groups excluding carboxylic acids is 2. The van der Waals surface area contributed by atoms with Gasteiger partial charge >= 0.3 is 0 Å². The second-order valence-electron chi connectivity index (χ2n) is 8.08. The predicted octanol–water partition coefficient (Wildman–Crippen LogP) is 4.34. The zero-order valence-electron chi connectivity index (χ0n) is 20.5. The summed E-state index contributed by atoms with van der Waals surface area (Å²) >= 11 is 0. The molecule has 1 atom stereocenters. The van der Waals surface area contributed by atoms with Crippen LogP contribution in [0.2, 0.25) is 0 Å². The standard InChI is InChI=1S/C28H27NO7/c1-33-20-12-9-17(10-13-20)26(30)24-25(18-11-14-22(35-3)23(15-18)36-4)29(28(32)27(24)31)16-19-7-5-6-8-21(19)34-2/h5-15,25,30H,16H2,1-4H3/b26-24-. The van der Waals surface area contributed by atoms with Gasteiger partial charge in [0.1, 0.15) is 17.3 Å². The molecule has 4 rings (SSSR count). The van der Waals surface area contributed by atoms with Crippen molar-refractivity contribution in [2.24, 2.45) is 0 Å². The van der Waals surface area contributed by atoms with Crippen LogP contribution in [0.4, 0.5) is 0 Å². The van der Waals surface area contributed by atoms with E-state index in [2.05, 4.69) is 0 Å². The molecule has 0 aromatic heterocycles. The Hall–Kier alpha value is -4.46. The molecule has 1 unspecified atom stereocenters. The second-order valence-corrected chi connectivity index (χ2v) is 8.08. The summed E-state index contributed by atoms with van der Waals surface area (Å²) in [6, 6.07) is 18.1. The highest BCUT2D eigenvalue weighted by Gasteiger charge is 2.46. The Labute approximate surface area is 209 Å². The van der Waals surface area contributed by atoms with E-state index in [0.29, 0.717) is 34.1 Å². The maximum Gasteiger partial charge on any atom is 0.295 e. The van der Waals surface area contributed by atoms with Crippen molar-refractivity contribution in [3.63, 3.8) is 0 Å². The summed E-state index contributed by atoms with van der Waals surface area (Å²) < 4.78 is 21.5. The number of nitrogens with zero attached hydrogens (tertiary/aromatic N) is 1. The van der Waals surface area contributed by atoms with Crippen molar-refractivity contribution in [3.8, 4) is 23.0 Å². The van der Waals surface area contributed by atoms with Gasteiger partial charge in [-0.3, -0.25) is 9.59 Å². The van der Waals surface area contributed by atoms with Gasteiger partial charge in [-0.2, -0.15) is 0 Å². The molecule has 3 aromatic carbocycles. The average Bonchev–Trinajstić information content (AvgIpc) is 3.17. The maximum absolute atomic E-state index is 13.3. The lowest BCUT2D eigenvalue weighted by Gasteiger charge is -2.26. The van der Waals surface area contributed by atoms with Crippen molar-refractivity contribution in [2.75, 3.05) is 28.4 Å². The lowest BCUT2D eigenvalue weighted by Crippen LogP contribution is -2.29. The van der Waals surface area contributed by atoms with Gasteiger partial charge in [-0.25, -0.2) is 0 Å². The molecular formula is C28H27NO7. The van der Waals surface area contributed by atoms with Crippen LogP contribution in [0, 0.1) is 0 Å². The first-order valence-electron chi connectivity index (χ1n) is 11.2. The first-order valence-corrected chi connectivity index (χ1v) is 11.2. The molecule has 1 amide bonds. The number of hydrogen-bond donors (Lipinski definition) is 1. The third-order valence-corrected chi connectivity index (χ3v) is 6.16. The molecule has 0 bridgehead atoms. The van der Waals surface area contributed by atoms with Crippen molar-refractivity contribution in [1.82, 2.24) is 4.90 Å². The Balaban J connectivity index is 1.89. The normalized spacial score (nSPS) is 16.7. The quantitative estimate of drug-likeness (QED) is 0.286. The highest BCUT2D eigenvalue weighted by atomic mass is 16.5. The number of hydrogen-bond acceptors (Lipinski definition) is 7. The molecule has 8 heteroatoms. The second kappa shape index (κ2) is 10.4. The maximum atomic E-state index is 13.3. The van der Waals surface area contributed by atoms with Crippen LogP contribution in [-0.4, -0.2) is 50.1 Å². The predicted molar refractivity (Wildman–Crippen MR) is 133 cm³/mol. The van der Waals surface area contributed by atoms with Crippen LogP contribution in [0.1, 0.15) is 22.7 Å². The monoisotopic (exact) mass is 489 g/mol. The van der Waals surface area contributed by atoms with E-state index in [0.717, 1.165) is 5.56 Å². The van der Waals surface area contributed by atoms with E-state index < -0.39 is 17.7 Å². The van der Waals surface area contributed by atoms with Crippen LogP contribution in [0.3, 0.4) is 0 Å². The Morgan fingerprint density at radius 1 is 0.806 bits per heavy atom. The van der Waals surface area contributed by atoms with Gasteiger partial charge in [0.2, 0.25) is 0 Å². The summed E-state index contributed by atoms with van der Waals surface area (Å²) in [5, 5.41) is 11.3. The highest BCUT2D eigenvalue weighted by Crippen LogP contribution is 2.43. The molecule has 1 saturated heterocycles. The summed E-state index contributed by atoms with van der Waals surface area (Å²) in [7, 11) is 6.11. The third-order valence-electron chi connectivity index (χ3n) is 6.16. The van der Waals surface area contributed by atoms with E-state index >= 15 is 0 Å². The number of para-hydroxylation sites is 1. The molecule has 1 aliphatic heterocycles. The van der Waals surface area contributed by atoms with Crippen molar-refractivity contribution in [2.45, 2.75) is 12.6 Å². The number of rotatable bonds is 8. The number of Topliss-reactive ketones (excluding diaryl/α,β-unsaturated/α-hetero) is 1. The van der Waals surface area contributed by atoms with Gasteiger partial charge in [0.15, 0.2) is 11.5 Å².